The number of benzene rings is 1. The highest BCUT2D eigenvalue weighted by Gasteiger charge is 2.08. The molecule has 1 aromatic heterocycles. The maximum absolute atomic E-state index is 6.20. The number of pyridine rings is 1. The summed E-state index contributed by atoms with van der Waals surface area (Å²) in [5.41, 5.74) is 1.09. The lowest BCUT2D eigenvalue weighted by Crippen LogP contribution is -2.06. The monoisotopic (exact) mass is 298 g/mol. The van der Waals surface area contributed by atoms with Crippen LogP contribution in [0.4, 0.5) is 0 Å². The van der Waals surface area contributed by atoms with Crippen molar-refractivity contribution in [3.05, 3.63) is 52.1 Å². The summed E-state index contributed by atoms with van der Waals surface area (Å²) in [6, 6.07) is 9.61. The molecule has 0 saturated carbocycles. The summed E-state index contributed by atoms with van der Waals surface area (Å²) in [6.07, 6.45) is 1.65. The minimum absolute atomic E-state index is 0.640. The van der Waals surface area contributed by atoms with Gasteiger partial charge in [-0.25, -0.2) is 4.98 Å². The van der Waals surface area contributed by atoms with Gasteiger partial charge in [-0.05, 0) is 36.9 Å². The molecular weight excluding hydrogens is 287 g/mol. The lowest BCUT2D eigenvalue weighted by molar-refractivity contribution is 0.803. The van der Waals surface area contributed by atoms with Gasteiger partial charge in [-0.1, -0.05) is 41.0 Å². The maximum atomic E-state index is 6.20. The van der Waals surface area contributed by atoms with E-state index in [1.807, 2.05) is 37.4 Å². The molecule has 0 amide bonds. The van der Waals surface area contributed by atoms with Gasteiger partial charge in [0.1, 0.15) is 5.03 Å². The van der Waals surface area contributed by atoms with Crippen molar-refractivity contribution in [1.29, 1.82) is 0 Å². The van der Waals surface area contributed by atoms with Crippen molar-refractivity contribution in [2.24, 2.45) is 0 Å². The summed E-state index contributed by atoms with van der Waals surface area (Å²) < 4.78 is 0. The number of rotatable bonds is 4. The molecule has 0 unspecified atom stereocenters. The van der Waals surface area contributed by atoms with Crippen LogP contribution in [0.3, 0.4) is 0 Å². The zero-order chi connectivity index (χ0) is 13.0. The molecule has 2 rings (SSSR count). The molecule has 5 heteroatoms. The highest BCUT2D eigenvalue weighted by atomic mass is 35.5. The van der Waals surface area contributed by atoms with Crippen LogP contribution in [0.2, 0.25) is 10.0 Å². The Morgan fingerprint density at radius 2 is 2.06 bits per heavy atom. The lowest BCUT2D eigenvalue weighted by Gasteiger charge is -2.10. The third-order valence-electron chi connectivity index (χ3n) is 2.34. The molecule has 1 N–H and O–H groups in total. The van der Waals surface area contributed by atoms with Crippen molar-refractivity contribution < 1.29 is 0 Å². The van der Waals surface area contributed by atoms with Gasteiger partial charge in [0, 0.05) is 22.7 Å². The highest BCUT2D eigenvalue weighted by molar-refractivity contribution is 7.99. The Bertz CT molecular complexity index is 529. The number of nitrogens with one attached hydrogen (secondary N) is 1. The van der Waals surface area contributed by atoms with Gasteiger partial charge in [0.05, 0.1) is 5.02 Å². The lowest BCUT2D eigenvalue weighted by atomic mass is 10.2. The average molecular weight is 299 g/mol. The minimum atomic E-state index is 0.640. The van der Waals surface area contributed by atoms with Gasteiger partial charge in [-0.2, -0.15) is 0 Å². The van der Waals surface area contributed by atoms with Crippen LogP contribution in [0.5, 0.6) is 0 Å². The number of nitrogens with zero attached hydrogens (tertiary/aromatic N) is 1. The number of halogens is 2. The zero-order valence-corrected chi connectivity index (χ0v) is 12.1. The normalized spacial score (nSPS) is 10.6. The maximum Gasteiger partial charge on any atom is 0.101 e. The third-order valence-corrected chi connectivity index (χ3v) is 3.97. The second kappa shape index (κ2) is 6.43. The summed E-state index contributed by atoms with van der Waals surface area (Å²) in [6.45, 7) is 0.732. The van der Waals surface area contributed by atoms with Gasteiger partial charge in [0.25, 0.3) is 0 Å². The van der Waals surface area contributed by atoms with E-state index in [9.17, 15) is 0 Å². The molecule has 0 saturated heterocycles. The van der Waals surface area contributed by atoms with Gasteiger partial charge in [-0.15, -0.1) is 0 Å². The van der Waals surface area contributed by atoms with Crippen molar-refractivity contribution in [3.8, 4) is 0 Å². The molecule has 0 bridgehead atoms. The largest absolute Gasteiger partial charge is 0.316 e. The van der Waals surface area contributed by atoms with Crippen LogP contribution in [0.25, 0.3) is 0 Å². The SMILES string of the molecule is CNCc1c(Cl)cccc1Sc1ccc(Cl)cn1. The fraction of sp³-hybridized carbons (Fsp3) is 0.154. The predicted molar refractivity (Wildman–Crippen MR) is 77.6 cm³/mol. The van der Waals surface area contributed by atoms with Crippen LogP contribution in [-0.4, -0.2) is 12.0 Å². The van der Waals surface area contributed by atoms with Crippen LogP contribution in [0, 0.1) is 0 Å². The van der Waals surface area contributed by atoms with Crippen LogP contribution in [0.1, 0.15) is 5.56 Å². The molecule has 0 aliphatic rings. The molecule has 1 aromatic carbocycles. The van der Waals surface area contributed by atoms with E-state index < -0.39 is 0 Å². The molecule has 18 heavy (non-hydrogen) atoms. The Kier molecular flexibility index (Phi) is 4.89. The third kappa shape index (κ3) is 3.39. The molecule has 0 spiro atoms. The summed E-state index contributed by atoms with van der Waals surface area (Å²) in [5.74, 6) is 0. The molecule has 0 aliphatic carbocycles. The molecule has 0 aliphatic heterocycles. The Balaban J connectivity index is 2.28. The summed E-state index contributed by atoms with van der Waals surface area (Å²) in [4.78, 5) is 5.38. The van der Waals surface area contributed by atoms with Crippen molar-refractivity contribution in [2.45, 2.75) is 16.5 Å². The fourth-order valence-corrected chi connectivity index (χ4v) is 2.85. The molecular formula is C13H12Cl2N2S. The van der Waals surface area contributed by atoms with Crippen LogP contribution < -0.4 is 5.32 Å². The van der Waals surface area contributed by atoms with E-state index in [1.165, 1.54) is 0 Å². The topological polar surface area (TPSA) is 24.9 Å². The molecule has 2 nitrogen and oxygen atoms in total. The Labute approximate surface area is 121 Å². The summed E-state index contributed by atoms with van der Waals surface area (Å²) >= 11 is 13.6. The molecule has 2 aromatic rings. The molecule has 0 radical (unpaired) electrons. The molecule has 0 fully saturated rings. The quantitative estimate of drug-likeness (QED) is 0.913. The smallest absolute Gasteiger partial charge is 0.101 e. The van der Waals surface area contributed by atoms with E-state index >= 15 is 0 Å². The molecule has 94 valence electrons. The van der Waals surface area contributed by atoms with Crippen molar-refractivity contribution in [2.75, 3.05) is 7.05 Å². The van der Waals surface area contributed by atoms with E-state index in [-0.39, 0.29) is 0 Å². The summed E-state index contributed by atoms with van der Waals surface area (Å²) in [5, 5.41) is 5.43. The van der Waals surface area contributed by atoms with Gasteiger partial charge in [-0.3, -0.25) is 0 Å². The van der Waals surface area contributed by atoms with Crippen LogP contribution in [-0.2, 0) is 6.54 Å². The van der Waals surface area contributed by atoms with Gasteiger partial charge >= 0.3 is 0 Å². The van der Waals surface area contributed by atoms with Crippen molar-refractivity contribution in [3.63, 3.8) is 0 Å². The first-order valence-corrected chi connectivity index (χ1v) is 6.99. The Hall–Kier alpha value is -0.740. The first kappa shape index (κ1) is 13.7. The van der Waals surface area contributed by atoms with Gasteiger partial charge in [0.15, 0.2) is 0 Å². The minimum Gasteiger partial charge on any atom is -0.316 e. The summed E-state index contributed by atoms with van der Waals surface area (Å²) in [7, 11) is 1.90. The predicted octanol–water partition coefficient (Wildman–Crippen LogP) is 4.26. The van der Waals surface area contributed by atoms with Gasteiger partial charge in [0.2, 0.25) is 0 Å². The van der Waals surface area contributed by atoms with E-state index in [1.54, 1.807) is 18.0 Å². The van der Waals surface area contributed by atoms with Crippen LogP contribution in [0.15, 0.2) is 46.5 Å². The number of aromatic nitrogens is 1. The van der Waals surface area contributed by atoms with Crippen molar-refractivity contribution in [1.82, 2.24) is 10.3 Å². The number of hydrogen-bond acceptors (Lipinski definition) is 3. The average Bonchev–Trinajstić information content (AvgIpc) is 2.36. The van der Waals surface area contributed by atoms with Crippen molar-refractivity contribution >= 4 is 35.0 Å². The Morgan fingerprint density at radius 1 is 1.22 bits per heavy atom. The zero-order valence-electron chi connectivity index (χ0n) is 9.78. The molecule has 0 atom stereocenters. The molecule has 1 heterocycles. The van der Waals surface area contributed by atoms with E-state index in [0.29, 0.717) is 5.02 Å². The number of hydrogen-bond donors (Lipinski definition) is 1. The standard InChI is InChI=1S/C13H12Cl2N2S/c1-16-8-10-11(15)3-2-4-12(10)18-13-6-5-9(14)7-17-13/h2-7,16H,8H2,1H3. The fourth-order valence-electron chi connectivity index (χ4n) is 1.52. The highest BCUT2D eigenvalue weighted by Crippen LogP contribution is 2.33. The second-order valence-corrected chi connectivity index (χ2v) is 5.57. The second-order valence-electron chi connectivity index (χ2n) is 3.66. The first-order chi connectivity index (χ1) is 8.70. The van der Waals surface area contributed by atoms with Gasteiger partial charge < -0.3 is 5.32 Å². The van der Waals surface area contributed by atoms with E-state index in [2.05, 4.69) is 10.3 Å². The van der Waals surface area contributed by atoms with E-state index in [4.69, 9.17) is 23.2 Å². The Morgan fingerprint density at radius 3 is 2.72 bits per heavy atom. The first-order valence-electron chi connectivity index (χ1n) is 5.42. The van der Waals surface area contributed by atoms with Crippen LogP contribution >= 0.6 is 35.0 Å². The van der Waals surface area contributed by atoms with E-state index in [0.717, 1.165) is 27.1 Å².